The van der Waals surface area contributed by atoms with Gasteiger partial charge < -0.3 is 10.1 Å². The average Bonchev–Trinajstić information content (AvgIpc) is 2.79. The number of carbonyl (C=O) groups excluding carboxylic acids is 2. The van der Waals surface area contributed by atoms with Gasteiger partial charge >= 0.3 is 5.97 Å². The molecule has 0 saturated heterocycles. The molecule has 0 aliphatic rings. The van der Waals surface area contributed by atoms with Gasteiger partial charge in [-0.05, 0) is 54.1 Å². The maximum Gasteiger partial charge on any atom is 0.338 e. The molecule has 0 heterocycles. The Balaban J connectivity index is 1.67. The van der Waals surface area contributed by atoms with Crippen molar-refractivity contribution in [3.8, 4) is 0 Å². The first kappa shape index (κ1) is 22.9. The fraction of sp³-hybridized carbons (Fsp3) is 0.200. The smallest absolute Gasteiger partial charge is 0.338 e. The minimum Gasteiger partial charge on any atom is -0.458 e. The maximum absolute atomic E-state index is 12.7. The minimum atomic E-state index is -0.423. The van der Waals surface area contributed by atoms with Crippen molar-refractivity contribution in [2.24, 2.45) is 0 Å². The van der Waals surface area contributed by atoms with Gasteiger partial charge in [0.2, 0.25) is 0 Å². The molecule has 160 valence electrons. The number of ether oxygens (including phenoxy) is 1. The Kier molecular flexibility index (Phi) is 8.10. The number of benzene rings is 3. The van der Waals surface area contributed by atoms with Gasteiger partial charge in [-0.25, -0.2) is 4.79 Å². The lowest BCUT2D eigenvalue weighted by Crippen LogP contribution is -2.31. The first-order chi connectivity index (χ1) is 14.9. The zero-order valence-corrected chi connectivity index (χ0v) is 18.6. The van der Waals surface area contributed by atoms with Gasteiger partial charge in [0.05, 0.1) is 5.56 Å². The number of esters is 1. The highest BCUT2D eigenvalue weighted by Crippen LogP contribution is 2.25. The Morgan fingerprint density at radius 1 is 0.839 bits per heavy atom. The predicted octanol–water partition coefficient (Wildman–Crippen LogP) is 6.14. The van der Waals surface area contributed by atoms with Gasteiger partial charge in [0, 0.05) is 34.5 Å². The highest BCUT2D eigenvalue weighted by Gasteiger charge is 2.24. The zero-order chi connectivity index (χ0) is 22.2. The molecule has 3 rings (SSSR count). The van der Waals surface area contributed by atoms with Crippen LogP contribution in [0.2, 0.25) is 10.0 Å². The Morgan fingerprint density at radius 3 is 1.97 bits per heavy atom. The predicted molar refractivity (Wildman–Crippen MR) is 124 cm³/mol. The van der Waals surface area contributed by atoms with Crippen molar-refractivity contribution in [1.82, 2.24) is 5.32 Å². The fourth-order valence-corrected chi connectivity index (χ4v) is 3.46. The molecule has 0 aromatic heterocycles. The van der Waals surface area contributed by atoms with E-state index in [0.29, 0.717) is 34.1 Å². The van der Waals surface area contributed by atoms with Gasteiger partial charge in [0.25, 0.3) is 5.91 Å². The molecule has 2 unspecified atom stereocenters. The van der Waals surface area contributed by atoms with E-state index in [4.69, 9.17) is 27.9 Å². The molecule has 4 nitrogen and oxygen atoms in total. The van der Waals surface area contributed by atoms with E-state index in [0.717, 1.165) is 5.56 Å². The maximum atomic E-state index is 12.7. The molecule has 0 fully saturated rings. The molecule has 0 radical (unpaired) electrons. The normalized spacial score (nSPS) is 12.6. The van der Waals surface area contributed by atoms with E-state index in [2.05, 4.69) is 5.32 Å². The molecule has 0 aliphatic carbocycles. The van der Waals surface area contributed by atoms with Gasteiger partial charge in [-0.1, -0.05) is 60.5 Å². The molecule has 1 N–H and O–H groups in total. The first-order valence-electron chi connectivity index (χ1n) is 9.99. The third kappa shape index (κ3) is 6.58. The van der Waals surface area contributed by atoms with Crippen LogP contribution in [-0.2, 0) is 4.74 Å². The number of hydrogen-bond donors (Lipinski definition) is 1. The summed E-state index contributed by atoms with van der Waals surface area (Å²) in [6.07, 6.45) is 0.0467. The molecule has 2 atom stereocenters. The van der Waals surface area contributed by atoms with Gasteiger partial charge in [-0.3, -0.25) is 4.79 Å². The second-order valence-electron chi connectivity index (χ2n) is 7.20. The first-order valence-corrected chi connectivity index (χ1v) is 10.7. The van der Waals surface area contributed by atoms with E-state index in [-0.39, 0.29) is 11.8 Å². The largest absolute Gasteiger partial charge is 0.458 e. The summed E-state index contributed by atoms with van der Waals surface area (Å²) in [5.41, 5.74) is 2.01. The highest BCUT2D eigenvalue weighted by molar-refractivity contribution is 6.31. The molecule has 6 heteroatoms. The van der Waals surface area contributed by atoms with E-state index in [1.165, 1.54) is 0 Å². The number of rotatable bonds is 8. The molecule has 0 spiro atoms. The van der Waals surface area contributed by atoms with Crippen molar-refractivity contribution in [2.45, 2.75) is 25.4 Å². The van der Waals surface area contributed by atoms with E-state index in [9.17, 15) is 9.59 Å². The van der Waals surface area contributed by atoms with Gasteiger partial charge in [0.1, 0.15) is 6.10 Å². The Labute approximate surface area is 192 Å². The summed E-state index contributed by atoms with van der Waals surface area (Å²) in [6.45, 7) is 2.37. The Hall–Kier alpha value is -2.82. The lowest BCUT2D eigenvalue weighted by molar-refractivity contribution is 0.0226. The number of hydrogen-bond acceptors (Lipinski definition) is 3. The summed E-state index contributed by atoms with van der Waals surface area (Å²) in [6, 6.07) is 23.1. The van der Waals surface area contributed by atoms with Crippen LogP contribution in [0.5, 0.6) is 0 Å². The van der Waals surface area contributed by atoms with E-state index >= 15 is 0 Å². The molecule has 0 aliphatic heterocycles. The standard InChI is InChI=1S/C25H23Cl2NO3/c1-17(18-5-3-2-4-6-18)23(31-25(30)20-9-13-22(27)14-10-20)15-16-28-24(29)19-7-11-21(26)12-8-19/h2-14,17,23H,15-16H2,1H3,(H,28,29). The summed E-state index contributed by atoms with van der Waals surface area (Å²) >= 11 is 11.8. The van der Waals surface area contributed by atoms with Crippen molar-refractivity contribution in [2.75, 3.05) is 6.54 Å². The Morgan fingerprint density at radius 2 is 1.39 bits per heavy atom. The summed E-state index contributed by atoms with van der Waals surface area (Å²) in [7, 11) is 0. The third-order valence-corrected chi connectivity index (χ3v) is 5.55. The zero-order valence-electron chi connectivity index (χ0n) is 17.1. The third-order valence-electron chi connectivity index (χ3n) is 5.04. The van der Waals surface area contributed by atoms with E-state index in [1.54, 1.807) is 48.5 Å². The molecule has 0 saturated carbocycles. The molecule has 3 aromatic rings. The highest BCUT2D eigenvalue weighted by atomic mass is 35.5. The van der Waals surface area contributed by atoms with Crippen LogP contribution in [0.15, 0.2) is 78.9 Å². The lowest BCUT2D eigenvalue weighted by atomic mass is 9.93. The molecule has 3 aromatic carbocycles. The molecular formula is C25H23Cl2NO3. The van der Waals surface area contributed by atoms with Crippen LogP contribution in [0, 0.1) is 0 Å². The summed E-state index contributed by atoms with van der Waals surface area (Å²) in [5, 5.41) is 4.01. The fourth-order valence-electron chi connectivity index (χ4n) is 3.21. The van der Waals surface area contributed by atoms with Crippen molar-refractivity contribution in [3.05, 3.63) is 106 Å². The van der Waals surface area contributed by atoms with Gasteiger partial charge in [-0.15, -0.1) is 0 Å². The van der Waals surface area contributed by atoms with Crippen LogP contribution < -0.4 is 5.32 Å². The van der Waals surface area contributed by atoms with Crippen LogP contribution in [0.3, 0.4) is 0 Å². The second-order valence-corrected chi connectivity index (χ2v) is 8.07. The summed E-state index contributed by atoms with van der Waals surface area (Å²) < 4.78 is 5.85. The molecule has 1 amide bonds. The number of carbonyl (C=O) groups is 2. The summed E-state index contributed by atoms with van der Waals surface area (Å²) in [5.74, 6) is -0.676. The van der Waals surface area contributed by atoms with Crippen molar-refractivity contribution >= 4 is 35.1 Å². The van der Waals surface area contributed by atoms with Crippen LogP contribution in [0.1, 0.15) is 45.5 Å². The van der Waals surface area contributed by atoms with Crippen LogP contribution in [-0.4, -0.2) is 24.5 Å². The lowest BCUT2D eigenvalue weighted by Gasteiger charge is -2.25. The van der Waals surface area contributed by atoms with E-state index in [1.807, 2.05) is 37.3 Å². The number of amides is 1. The van der Waals surface area contributed by atoms with Gasteiger partial charge in [0.15, 0.2) is 0 Å². The van der Waals surface area contributed by atoms with Crippen LogP contribution in [0.4, 0.5) is 0 Å². The molecule has 31 heavy (non-hydrogen) atoms. The van der Waals surface area contributed by atoms with Crippen LogP contribution >= 0.6 is 23.2 Å². The number of nitrogens with one attached hydrogen (secondary N) is 1. The quantitative estimate of drug-likeness (QED) is 0.414. The Bertz CT molecular complexity index is 1010. The van der Waals surface area contributed by atoms with Gasteiger partial charge in [-0.2, -0.15) is 0 Å². The number of halogens is 2. The monoisotopic (exact) mass is 455 g/mol. The second kappa shape index (κ2) is 11.0. The topological polar surface area (TPSA) is 55.4 Å². The van der Waals surface area contributed by atoms with E-state index < -0.39 is 12.1 Å². The molecular weight excluding hydrogens is 433 g/mol. The average molecular weight is 456 g/mol. The SMILES string of the molecule is CC(c1ccccc1)C(CCNC(=O)c1ccc(Cl)cc1)OC(=O)c1ccc(Cl)cc1. The van der Waals surface area contributed by atoms with Crippen molar-refractivity contribution < 1.29 is 14.3 Å². The minimum absolute atomic E-state index is 0.0510. The molecule has 0 bridgehead atoms. The van der Waals surface area contributed by atoms with Crippen molar-refractivity contribution in [1.29, 1.82) is 0 Å². The van der Waals surface area contributed by atoms with Crippen LogP contribution in [0.25, 0.3) is 0 Å². The van der Waals surface area contributed by atoms with Crippen molar-refractivity contribution in [3.63, 3.8) is 0 Å². The summed E-state index contributed by atoms with van der Waals surface area (Å²) in [4.78, 5) is 25.1.